The Morgan fingerprint density at radius 1 is 1.12 bits per heavy atom. The van der Waals surface area contributed by atoms with Gasteiger partial charge < -0.3 is 5.32 Å². The zero-order valence-corrected chi connectivity index (χ0v) is 11.1. The number of halogens is 3. The highest BCUT2D eigenvalue weighted by molar-refractivity contribution is 6.34. The van der Waals surface area contributed by atoms with E-state index in [-0.39, 0.29) is 12.4 Å². The van der Waals surface area contributed by atoms with Crippen molar-refractivity contribution in [2.75, 3.05) is 13.1 Å². The van der Waals surface area contributed by atoms with Crippen molar-refractivity contribution in [1.82, 2.24) is 5.32 Å². The Morgan fingerprint density at radius 2 is 1.81 bits per heavy atom. The zero-order chi connectivity index (χ0) is 10.7. The molecule has 0 saturated carbocycles. The van der Waals surface area contributed by atoms with Gasteiger partial charge in [0.2, 0.25) is 0 Å². The highest BCUT2D eigenvalue weighted by Gasteiger charge is 2.06. The van der Waals surface area contributed by atoms with E-state index < -0.39 is 0 Å². The lowest BCUT2D eigenvalue weighted by molar-refractivity contribution is 0.613. The number of rotatable bonds is 1. The SMILES string of the molecule is Cl.Clc1ccc(Cl)c(C=C2CCNCC2)c1. The standard InChI is InChI=1S/C12H13Cl2N.ClH/c13-11-1-2-12(14)10(8-11)7-9-3-5-15-6-4-9;/h1-2,7-8,15H,3-6H2;1H. The van der Waals surface area contributed by atoms with E-state index in [0.29, 0.717) is 0 Å². The van der Waals surface area contributed by atoms with Gasteiger partial charge in [-0.05, 0) is 49.7 Å². The molecule has 1 heterocycles. The second kappa shape index (κ2) is 6.51. The fourth-order valence-corrected chi connectivity index (χ4v) is 2.09. The minimum absolute atomic E-state index is 0. The zero-order valence-electron chi connectivity index (χ0n) is 8.80. The average molecular weight is 279 g/mol. The largest absolute Gasteiger partial charge is 0.316 e. The van der Waals surface area contributed by atoms with Crippen molar-refractivity contribution in [3.63, 3.8) is 0 Å². The minimum Gasteiger partial charge on any atom is -0.316 e. The summed E-state index contributed by atoms with van der Waals surface area (Å²) in [4.78, 5) is 0. The topological polar surface area (TPSA) is 12.0 Å². The van der Waals surface area contributed by atoms with E-state index in [1.54, 1.807) is 0 Å². The minimum atomic E-state index is 0. The van der Waals surface area contributed by atoms with E-state index in [9.17, 15) is 0 Å². The van der Waals surface area contributed by atoms with Gasteiger partial charge in [0, 0.05) is 10.0 Å². The average Bonchev–Trinajstić information content (AvgIpc) is 2.25. The van der Waals surface area contributed by atoms with Gasteiger partial charge in [0.05, 0.1) is 0 Å². The Kier molecular flexibility index (Phi) is 5.63. The number of piperidine rings is 1. The molecular formula is C12H14Cl3N. The molecular weight excluding hydrogens is 264 g/mol. The van der Waals surface area contributed by atoms with Crippen LogP contribution in [0.3, 0.4) is 0 Å². The predicted octanol–water partition coefficient (Wildman–Crippen LogP) is 4.18. The summed E-state index contributed by atoms with van der Waals surface area (Å²) in [6.07, 6.45) is 4.36. The van der Waals surface area contributed by atoms with E-state index in [0.717, 1.165) is 41.5 Å². The number of hydrogen-bond acceptors (Lipinski definition) is 1. The fourth-order valence-electron chi connectivity index (χ4n) is 1.74. The van der Waals surface area contributed by atoms with Gasteiger partial charge in [-0.25, -0.2) is 0 Å². The van der Waals surface area contributed by atoms with Crippen LogP contribution < -0.4 is 5.32 Å². The van der Waals surface area contributed by atoms with Crippen LogP contribution in [0.25, 0.3) is 6.08 Å². The summed E-state index contributed by atoms with van der Waals surface area (Å²) in [7, 11) is 0. The summed E-state index contributed by atoms with van der Waals surface area (Å²) in [5.74, 6) is 0. The maximum Gasteiger partial charge on any atom is 0.0479 e. The first-order valence-corrected chi connectivity index (χ1v) is 5.86. The molecule has 0 unspecified atom stereocenters. The molecule has 0 spiro atoms. The lowest BCUT2D eigenvalue weighted by Gasteiger charge is -2.15. The first-order chi connectivity index (χ1) is 7.25. The van der Waals surface area contributed by atoms with Crippen molar-refractivity contribution >= 4 is 41.7 Å². The van der Waals surface area contributed by atoms with Crippen LogP contribution in [-0.2, 0) is 0 Å². The van der Waals surface area contributed by atoms with E-state index in [4.69, 9.17) is 23.2 Å². The molecule has 1 nitrogen and oxygen atoms in total. The summed E-state index contributed by atoms with van der Waals surface area (Å²) in [6, 6.07) is 5.57. The van der Waals surface area contributed by atoms with Crippen molar-refractivity contribution in [3.8, 4) is 0 Å². The normalized spacial score (nSPS) is 15.5. The second-order valence-electron chi connectivity index (χ2n) is 3.72. The van der Waals surface area contributed by atoms with Gasteiger partial charge in [0.15, 0.2) is 0 Å². The molecule has 1 aliphatic heterocycles. The lowest BCUT2D eigenvalue weighted by Crippen LogP contribution is -2.22. The van der Waals surface area contributed by atoms with Crippen molar-refractivity contribution in [2.24, 2.45) is 0 Å². The fraction of sp³-hybridized carbons (Fsp3) is 0.333. The maximum absolute atomic E-state index is 6.10. The van der Waals surface area contributed by atoms with Crippen LogP contribution in [0.4, 0.5) is 0 Å². The van der Waals surface area contributed by atoms with Crippen molar-refractivity contribution in [2.45, 2.75) is 12.8 Å². The van der Waals surface area contributed by atoms with Crippen LogP contribution in [0.2, 0.25) is 10.0 Å². The molecule has 0 aliphatic carbocycles. The molecule has 1 saturated heterocycles. The van der Waals surface area contributed by atoms with Crippen LogP contribution in [0, 0.1) is 0 Å². The first kappa shape index (κ1) is 13.9. The molecule has 0 atom stereocenters. The van der Waals surface area contributed by atoms with Crippen LogP contribution in [0.1, 0.15) is 18.4 Å². The third kappa shape index (κ3) is 3.67. The van der Waals surface area contributed by atoms with E-state index in [1.807, 2.05) is 18.2 Å². The molecule has 4 heteroatoms. The van der Waals surface area contributed by atoms with Gasteiger partial charge in [-0.1, -0.05) is 34.9 Å². The maximum atomic E-state index is 6.10. The van der Waals surface area contributed by atoms with Gasteiger partial charge in [-0.3, -0.25) is 0 Å². The number of nitrogens with one attached hydrogen (secondary N) is 1. The molecule has 0 amide bonds. The highest BCUT2D eigenvalue weighted by Crippen LogP contribution is 2.24. The van der Waals surface area contributed by atoms with Gasteiger partial charge >= 0.3 is 0 Å². The summed E-state index contributed by atoms with van der Waals surface area (Å²) in [6.45, 7) is 2.12. The van der Waals surface area contributed by atoms with Crippen LogP contribution >= 0.6 is 35.6 Å². The Bertz CT molecular complexity index is 380. The van der Waals surface area contributed by atoms with Gasteiger partial charge in [0.25, 0.3) is 0 Å². The summed E-state index contributed by atoms with van der Waals surface area (Å²) < 4.78 is 0. The van der Waals surface area contributed by atoms with Gasteiger partial charge in [0.1, 0.15) is 0 Å². The first-order valence-electron chi connectivity index (χ1n) is 5.11. The molecule has 1 aliphatic rings. The molecule has 0 aromatic heterocycles. The van der Waals surface area contributed by atoms with E-state index in [2.05, 4.69) is 11.4 Å². The molecule has 2 rings (SSSR count). The third-order valence-electron chi connectivity index (χ3n) is 2.56. The molecule has 1 aromatic rings. The molecule has 88 valence electrons. The van der Waals surface area contributed by atoms with Crippen molar-refractivity contribution < 1.29 is 0 Å². The number of benzene rings is 1. The van der Waals surface area contributed by atoms with Gasteiger partial charge in [-0.15, -0.1) is 12.4 Å². The Morgan fingerprint density at radius 3 is 2.50 bits per heavy atom. The summed E-state index contributed by atoms with van der Waals surface area (Å²) >= 11 is 12.0. The third-order valence-corrected chi connectivity index (χ3v) is 3.14. The number of hydrogen-bond donors (Lipinski definition) is 1. The molecule has 1 fully saturated rings. The van der Waals surface area contributed by atoms with Crippen molar-refractivity contribution in [3.05, 3.63) is 39.4 Å². The Labute approximate surface area is 112 Å². The van der Waals surface area contributed by atoms with E-state index in [1.165, 1.54) is 5.57 Å². The molecule has 1 aromatic carbocycles. The molecule has 16 heavy (non-hydrogen) atoms. The Hall–Kier alpha value is -0.210. The molecule has 0 radical (unpaired) electrons. The smallest absolute Gasteiger partial charge is 0.0479 e. The van der Waals surface area contributed by atoms with Crippen LogP contribution in [0.5, 0.6) is 0 Å². The van der Waals surface area contributed by atoms with E-state index >= 15 is 0 Å². The van der Waals surface area contributed by atoms with Crippen LogP contribution in [0.15, 0.2) is 23.8 Å². The second-order valence-corrected chi connectivity index (χ2v) is 4.56. The summed E-state index contributed by atoms with van der Waals surface area (Å²) in [5, 5.41) is 4.83. The highest BCUT2D eigenvalue weighted by atomic mass is 35.5. The molecule has 0 bridgehead atoms. The quantitative estimate of drug-likeness (QED) is 0.812. The van der Waals surface area contributed by atoms with Crippen molar-refractivity contribution in [1.29, 1.82) is 0 Å². The van der Waals surface area contributed by atoms with Gasteiger partial charge in [-0.2, -0.15) is 0 Å². The molecule has 1 N–H and O–H groups in total. The van der Waals surface area contributed by atoms with Crippen LogP contribution in [-0.4, -0.2) is 13.1 Å². The Balaban J connectivity index is 0.00000128. The summed E-state index contributed by atoms with van der Waals surface area (Å²) in [5.41, 5.74) is 2.47. The monoisotopic (exact) mass is 277 g/mol. The lowest BCUT2D eigenvalue weighted by atomic mass is 10.0. The predicted molar refractivity (Wildman–Crippen MR) is 73.8 cm³/mol.